The van der Waals surface area contributed by atoms with Crippen LogP contribution in [0.3, 0.4) is 0 Å². The Morgan fingerprint density at radius 3 is 2.19 bits per heavy atom. The van der Waals surface area contributed by atoms with E-state index in [4.69, 9.17) is 18.0 Å². The third-order valence-corrected chi connectivity index (χ3v) is 5.43. The van der Waals surface area contributed by atoms with Crippen LogP contribution in [0.1, 0.15) is 39.2 Å². The number of nitrogens with one attached hydrogen (secondary N) is 1. The Labute approximate surface area is 133 Å². The normalized spacial score (nSPS) is 13.3. The van der Waals surface area contributed by atoms with Gasteiger partial charge in [0.25, 0.3) is 0 Å². The fraction of sp³-hybridized carbons (Fsp3) is 0.533. The van der Waals surface area contributed by atoms with Gasteiger partial charge >= 0.3 is 0 Å². The molecule has 4 nitrogen and oxygen atoms in total. The summed E-state index contributed by atoms with van der Waals surface area (Å²) in [6.45, 7) is 6.06. The predicted molar refractivity (Wildman–Crippen MR) is 90.8 cm³/mol. The van der Waals surface area contributed by atoms with Gasteiger partial charge in [-0.1, -0.05) is 51.0 Å². The van der Waals surface area contributed by atoms with E-state index in [1.54, 1.807) is 24.3 Å². The lowest BCUT2D eigenvalue weighted by atomic mass is 9.96. The summed E-state index contributed by atoms with van der Waals surface area (Å²) in [5.74, 6) is 0.341. The molecule has 0 saturated carbocycles. The van der Waals surface area contributed by atoms with Crippen LogP contribution in [0.4, 0.5) is 0 Å². The zero-order chi connectivity index (χ0) is 16.0. The van der Waals surface area contributed by atoms with Crippen LogP contribution < -0.4 is 10.5 Å². The number of benzene rings is 1. The molecule has 0 fully saturated rings. The fourth-order valence-electron chi connectivity index (χ4n) is 2.39. The SMILES string of the molecule is CCC(CC)C(C)NS(=O)(=O)c1ccc(CC(N)=S)cc1. The van der Waals surface area contributed by atoms with Crippen molar-refractivity contribution in [2.24, 2.45) is 11.7 Å². The van der Waals surface area contributed by atoms with Crippen molar-refractivity contribution in [3.8, 4) is 0 Å². The average Bonchev–Trinajstić information content (AvgIpc) is 2.39. The minimum absolute atomic E-state index is 0.0821. The van der Waals surface area contributed by atoms with Gasteiger partial charge in [-0.3, -0.25) is 0 Å². The first-order valence-corrected chi connectivity index (χ1v) is 9.08. The molecule has 0 aromatic heterocycles. The molecule has 1 aromatic carbocycles. The van der Waals surface area contributed by atoms with Gasteiger partial charge < -0.3 is 5.73 Å². The third kappa shape index (κ3) is 5.37. The minimum atomic E-state index is -3.48. The molecule has 0 aliphatic rings. The van der Waals surface area contributed by atoms with Crippen LogP contribution in [-0.2, 0) is 16.4 Å². The van der Waals surface area contributed by atoms with Gasteiger partial charge in [0.1, 0.15) is 0 Å². The molecule has 1 atom stereocenters. The molecule has 1 aromatic rings. The van der Waals surface area contributed by atoms with Crippen LogP contribution in [0.15, 0.2) is 29.2 Å². The Morgan fingerprint density at radius 1 is 1.24 bits per heavy atom. The summed E-state index contributed by atoms with van der Waals surface area (Å²) in [5.41, 5.74) is 6.39. The monoisotopic (exact) mass is 328 g/mol. The Bertz CT molecular complexity index is 564. The van der Waals surface area contributed by atoms with Crippen molar-refractivity contribution >= 4 is 27.2 Å². The summed E-state index contributed by atoms with van der Waals surface area (Å²) < 4.78 is 27.5. The second-order valence-corrected chi connectivity index (χ2v) is 7.51. The molecule has 0 aliphatic carbocycles. The summed E-state index contributed by atoms with van der Waals surface area (Å²) in [4.78, 5) is 0.665. The quantitative estimate of drug-likeness (QED) is 0.720. The number of sulfonamides is 1. The van der Waals surface area contributed by atoms with E-state index in [-0.39, 0.29) is 10.9 Å². The summed E-state index contributed by atoms with van der Waals surface area (Å²) in [6.07, 6.45) is 2.38. The highest BCUT2D eigenvalue weighted by molar-refractivity contribution is 7.89. The van der Waals surface area contributed by atoms with Crippen molar-refractivity contribution in [3.05, 3.63) is 29.8 Å². The molecule has 1 rings (SSSR count). The van der Waals surface area contributed by atoms with Crippen LogP contribution in [0.2, 0.25) is 0 Å². The molecule has 1 unspecified atom stereocenters. The van der Waals surface area contributed by atoms with Gasteiger partial charge in [-0.15, -0.1) is 0 Å². The molecule has 6 heteroatoms. The molecular formula is C15H24N2O2S2. The largest absolute Gasteiger partial charge is 0.393 e. The summed E-state index contributed by atoms with van der Waals surface area (Å²) in [6, 6.07) is 6.59. The third-order valence-electron chi connectivity index (χ3n) is 3.71. The number of hydrogen-bond acceptors (Lipinski definition) is 3. The number of rotatable bonds is 8. The zero-order valence-electron chi connectivity index (χ0n) is 12.8. The van der Waals surface area contributed by atoms with Crippen LogP contribution in [0, 0.1) is 5.92 Å². The van der Waals surface area contributed by atoms with Gasteiger partial charge in [0, 0.05) is 12.5 Å². The lowest BCUT2D eigenvalue weighted by Gasteiger charge is -2.22. The van der Waals surface area contributed by atoms with E-state index in [1.807, 2.05) is 6.92 Å². The van der Waals surface area contributed by atoms with E-state index in [9.17, 15) is 8.42 Å². The van der Waals surface area contributed by atoms with Crippen molar-refractivity contribution in [2.75, 3.05) is 0 Å². The van der Waals surface area contributed by atoms with E-state index in [0.717, 1.165) is 18.4 Å². The van der Waals surface area contributed by atoms with Gasteiger partial charge in [0.15, 0.2) is 0 Å². The highest BCUT2D eigenvalue weighted by atomic mass is 32.2. The molecule has 0 radical (unpaired) electrons. The van der Waals surface area contributed by atoms with Crippen LogP contribution in [0.25, 0.3) is 0 Å². The Balaban J connectivity index is 2.85. The number of nitrogens with two attached hydrogens (primary N) is 1. The highest BCUT2D eigenvalue weighted by Gasteiger charge is 2.21. The van der Waals surface area contributed by atoms with Crippen molar-refractivity contribution in [1.29, 1.82) is 0 Å². The standard InChI is InChI=1S/C15H24N2O2S2/c1-4-13(5-2)11(3)17-21(18,19)14-8-6-12(7-9-14)10-15(16)20/h6-9,11,13,17H,4-5,10H2,1-3H3,(H2,16,20). The fourth-order valence-corrected chi connectivity index (χ4v) is 3.87. The smallest absolute Gasteiger partial charge is 0.240 e. The molecule has 0 aliphatic heterocycles. The van der Waals surface area contributed by atoms with Gasteiger partial charge in [-0.25, -0.2) is 13.1 Å². The van der Waals surface area contributed by atoms with Crippen molar-refractivity contribution < 1.29 is 8.42 Å². The first kappa shape index (κ1) is 18.1. The Morgan fingerprint density at radius 2 is 1.76 bits per heavy atom. The topological polar surface area (TPSA) is 72.2 Å². The van der Waals surface area contributed by atoms with Gasteiger partial charge in [-0.2, -0.15) is 0 Å². The van der Waals surface area contributed by atoms with Crippen LogP contribution >= 0.6 is 12.2 Å². The molecule has 0 amide bonds. The van der Waals surface area contributed by atoms with Crippen molar-refractivity contribution in [1.82, 2.24) is 4.72 Å². The van der Waals surface area contributed by atoms with Crippen molar-refractivity contribution in [2.45, 2.75) is 51.0 Å². The molecule has 3 N–H and O–H groups in total. The molecular weight excluding hydrogens is 304 g/mol. The second-order valence-electron chi connectivity index (χ2n) is 5.27. The summed E-state index contributed by atoms with van der Waals surface area (Å²) in [7, 11) is -3.48. The summed E-state index contributed by atoms with van der Waals surface area (Å²) in [5, 5.41) is 0. The van der Waals surface area contributed by atoms with Gasteiger partial charge in [-0.05, 0) is 30.5 Å². The molecule has 0 saturated heterocycles. The van der Waals surface area contributed by atoms with E-state index in [1.165, 1.54) is 0 Å². The lowest BCUT2D eigenvalue weighted by molar-refractivity contribution is 0.391. The second kappa shape index (κ2) is 7.87. The molecule has 0 spiro atoms. The Hall–Kier alpha value is -0.980. The highest BCUT2D eigenvalue weighted by Crippen LogP contribution is 2.17. The zero-order valence-corrected chi connectivity index (χ0v) is 14.4. The van der Waals surface area contributed by atoms with Crippen LogP contribution in [-0.4, -0.2) is 19.4 Å². The van der Waals surface area contributed by atoms with E-state index >= 15 is 0 Å². The van der Waals surface area contributed by atoms with Crippen molar-refractivity contribution in [3.63, 3.8) is 0 Å². The summed E-state index contributed by atoms with van der Waals surface area (Å²) >= 11 is 4.84. The van der Waals surface area contributed by atoms with E-state index in [0.29, 0.717) is 17.3 Å². The van der Waals surface area contributed by atoms with Gasteiger partial charge in [0.05, 0.1) is 9.88 Å². The molecule has 21 heavy (non-hydrogen) atoms. The first-order valence-electron chi connectivity index (χ1n) is 7.19. The average molecular weight is 329 g/mol. The Kier molecular flexibility index (Phi) is 6.77. The molecule has 0 heterocycles. The van der Waals surface area contributed by atoms with Gasteiger partial charge in [0.2, 0.25) is 10.0 Å². The minimum Gasteiger partial charge on any atom is -0.393 e. The molecule has 118 valence electrons. The van der Waals surface area contributed by atoms with Crippen LogP contribution in [0.5, 0.6) is 0 Å². The lowest BCUT2D eigenvalue weighted by Crippen LogP contribution is -2.37. The van der Waals surface area contributed by atoms with E-state index < -0.39 is 10.0 Å². The first-order chi connectivity index (χ1) is 9.80. The maximum Gasteiger partial charge on any atom is 0.240 e. The molecule has 0 bridgehead atoms. The number of hydrogen-bond donors (Lipinski definition) is 2. The number of thiocarbonyl (C=S) groups is 1. The maximum absolute atomic E-state index is 12.4. The predicted octanol–water partition coefficient (Wildman–Crippen LogP) is 2.62. The maximum atomic E-state index is 12.4. The van der Waals surface area contributed by atoms with E-state index in [2.05, 4.69) is 18.6 Å².